The molecule has 74 heavy (non-hydrogen) atoms. The van der Waals surface area contributed by atoms with Gasteiger partial charge in [0.25, 0.3) is 0 Å². The van der Waals surface area contributed by atoms with Gasteiger partial charge >= 0.3 is 17.9 Å². The van der Waals surface area contributed by atoms with Crippen LogP contribution in [0.1, 0.15) is 348 Å². The Balaban J connectivity index is 4.25. The molecule has 0 rings (SSSR count). The van der Waals surface area contributed by atoms with E-state index in [9.17, 15) is 14.4 Å². The van der Waals surface area contributed by atoms with Gasteiger partial charge in [-0.3, -0.25) is 14.4 Å². The first-order chi connectivity index (χ1) is 36.5. The van der Waals surface area contributed by atoms with Crippen molar-refractivity contribution in [2.45, 2.75) is 354 Å². The number of carbonyl (C=O) groups is 3. The summed E-state index contributed by atoms with van der Waals surface area (Å²) in [7, 11) is 0. The van der Waals surface area contributed by atoms with Gasteiger partial charge in [0.05, 0.1) is 0 Å². The molecule has 0 radical (unpaired) electrons. The fraction of sp³-hybridized carbons (Fsp3) is 0.838. The highest BCUT2D eigenvalue weighted by Gasteiger charge is 2.19. The van der Waals surface area contributed by atoms with Crippen molar-refractivity contribution in [1.29, 1.82) is 0 Å². The number of carbonyl (C=O) groups excluding carboxylic acids is 3. The van der Waals surface area contributed by atoms with E-state index in [1.54, 1.807) is 0 Å². The first-order valence-electron chi connectivity index (χ1n) is 32.6. The van der Waals surface area contributed by atoms with Crippen LogP contribution < -0.4 is 0 Å². The fourth-order valence-corrected chi connectivity index (χ4v) is 9.69. The minimum atomic E-state index is -0.786. The maximum absolute atomic E-state index is 12.9. The Morgan fingerprint density at radius 1 is 0.284 bits per heavy atom. The number of unbranched alkanes of at least 4 members (excludes halogenated alkanes) is 41. The van der Waals surface area contributed by atoms with E-state index in [0.717, 1.165) is 83.5 Å². The van der Waals surface area contributed by atoms with E-state index in [0.29, 0.717) is 19.3 Å². The summed E-state index contributed by atoms with van der Waals surface area (Å²) in [5.41, 5.74) is 0. The van der Waals surface area contributed by atoms with Crippen LogP contribution in [0.15, 0.2) is 48.6 Å². The number of hydrogen-bond donors (Lipinski definition) is 0. The number of hydrogen-bond acceptors (Lipinski definition) is 6. The van der Waals surface area contributed by atoms with Crippen LogP contribution in [0.25, 0.3) is 0 Å². The van der Waals surface area contributed by atoms with Gasteiger partial charge in [0.1, 0.15) is 13.2 Å². The second kappa shape index (κ2) is 62.9. The van der Waals surface area contributed by atoms with Gasteiger partial charge in [0.2, 0.25) is 0 Å². The molecule has 0 aliphatic heterocycles. The van der Waals surface area contributed by atoms with Crippen molar-refractivity contribution in [3.05, 3.63) is 48.6 Å². The van der Waals surface area contributed by atoms with Crippen LogP contribution in [0.2, 0.25) is 0 Å². The first-order valence-corrected chi connectivity index (χ1v) is 32.6. The maximum atomic E-state index is 12.9. The minimum absolute atomic E-state index is 0.0808. The number of ether oxygens (including phenoxy) is 3. The van der Waals surface area contributed by atoms with Crippen LogP contribution >= 0.6 is 0 Å². The van der Waals surface area contributed by atoms with E-state index >= 15 is 0 Å². The highest BCUT2D eigenvalue weighted by atomic mass is 16.6. The predicted molar refractivity (Wildman–Crippen MR) is 321 cm³/mol. The summed E-state index contributed by atoms with van der Waals surface area (Å²) >= 11 is 0. The van der Waals surface area contributed by atoms with Crippen LogP contribution in [0, 0.1) is 0 Å². The molecule has 0 spiro atoms. The Labute approximate surface area is 460 Å². The zero-order valence-corrected chi connectivity index (χ0v) is 49.6. The van der Waals surface area contributed by atoms with Crippen molar-refractivity contribution >= 4 is 17.9 Å². The normalized spacial score (nSPS) is 12.3. The predicted octanol–water partition coefficient (Wildman–Crippen LogP) is 22.2. The van der Waals surface area contributed by atoms with Crippen LogP contribution in [0.4, 0.5) is 0 Å². The molecule has 1 unspecified atom stereocenters. The average molecular weight is 1040 g/mol. The van der Waals surface area contributed by atoms with Gasteiger partial charge in [-0.25, -0.2) is 0 Å². The van der Waals surface area contributed by atoms with E-state index in [4.69, 9.17) is 14.2 Å². The summed E-state index contributed by atoms with van der Waals surface area (Å²) in [5, 5.41) is 0. The zero-order valence-electron chi connectivity index (χ0n) is 49.6. The highest BCUT2D eigenvalue weighted by molar-refractivity contribution is 5.71. The standard InChI is InChI=1S/C68H124O6/c1-4-7-10-13-16-19-22-25-27-29-31-32-33-34-35-36-37-39-40-43-46-49-52-55-58-61-67(70)73-64-65(63-72-66(69)60-57-54-51-48-45-42-24-21-18-15-12-9-6-3)74-68(71)62-59-56-53-50-47-44-41-38-30-28-26-23-20-17-14-11-8-5-2/h9,12,18,21,28,30,42,45,65H,4-8,10-11,13-17,19-20,22-27,29,31-41,43-44,46-64H2,1-3H3/b12-9-,21-18-,30-28-,45-42-. The Hall–Kier alpha value is -2.63. The van der Waals surface area contributed by atoms with Crippen LogP contribution in [-0.4, -0.2) is 37.2 Å². The Kier molecular flexibility index (Phi) is 60.7. The summed E-state index contributed by atoms with van der Waals surface area (Å²) in [6.45, 7) is 6.55. The molecule has 0 heterocycles. The lowest BCUT2D eigenvalue weighted by Gasteiger charge is -2.18. The molecule has 0 aromatic heterocycles. The number of allylic oxidation sites excluding steroid dienone is 8. The Morgan fingerprint density at radius 3 is 0.851 bits per heavy atom. The molecule has 6 nitrogen and oxygen atoms in total. The molecule has 0 saturated carbocycles. The lowest BCUT2D eigenvalue weighted by molar-refractivity contribution is -0.167. The van der Waals surface area contributed by atoms with Crippen molar-refractivity contribution in [3.8, 4) is 0 Å². The Bertz CT molecular complexity index is 1280. The molecule has 0 aromatic rings. The maximum Gasteiger partial charge on any atom is 0.306 e. The van der Waals surface area contributed by atoms with Crippen LogP contribution in [0.3, 0.4) is 0 Å². The molecule has 1 atom stereocenters. The average Bonchev–Trinajstić information content (AvgIpc) is 3.40. The topological polar surface area (TPSA) is 78.9 Å². The lowest BCUT2D eigenvalue weighted by atomic mass is 10.0. The monoisotopic (exact) mass is 1040 g/mol. The number of rotatable bonds is 60. The summed E-state index contributed by atoms with van der Waals surface area (Å²) in [5.74, 6) is -0.896. The van der Waals surface area contributed by atoms with E-state index in [1.165, 1.54) is 225 Å². The van der Waals surface area contributed by atoms with Gasteiger partial charge < -0.3 is 14.2 Å². The molecule has 0 amide bonds. The van der Waals surface area contributed by atoms with Gasteiger partial charge in [0, 0.05) is 19.3 Å². The third-order valence-electron chi connectivity index (χ3n) is 14.6. The van der Waals surface area contributed by atoms with E-state index in [1.807, 2.05) is 0 Å². The lowest BCUT2D eigenvalue weighted by Crippen LogP contribution is -2.30. The van der Waals surface area contributed by atoms with Crippen molar-refractivity contribution in [3.63, 3.8) is 0 Å². The highest BCUT2D eigenvalue weighted by Crippen LogP contribution is 2.18. The van der Waals surface area contributed by atoms with Crippen molar-refractivity contribution < 1.29 is 28.6 Å². The molecule has 0 bridgehead atoms. The largest absolute Gasteiger partial charge is 0.462 e. The van der Waals surface area contributed by atoms with Gasteiger partial charge in [-0.05, 0) is 77.0 Å². The van der Waals surface area contributed by atoms with Gasteiger partial charge in [-0.15, -0.1) is 0 Å². The first kappa shape index (κ1) is 71.4. The van der Waals surface area contributed by atoms with Crippen molar-refractivity contribution in [1.82, 2.24) is 0 Å². The smallest absolute Gasteiger partial charge is 0.306 e. The van der Waals surface area contributed by atoms with Gasteiger partial charge in [-0.2, -0.15) is 0 Å². The Morgan fingerprint density at radius 2 is 0.527 bits per heavy atom. The zero-order chi connectivity index (χ0) is 53.6. The molecule has 0 fully saturated rings. The molecule has 0 aromatic carbocycles. The van der Waals surface area contributed by atoms with Gasteiger partial charge in [-0.1, -0.05) is 301 Å². The molecule has 0 saturated heterocycles. The molecular weight excluding hydrogens is 913 g/mol. The van der Waals surface area contributed by atoms with E-state index < -0.39 is 6.10 Å². The molecule has 0 aliphatic rings. The quantitative estimate of drug-likeness (QED) is 0.0261. The molecule has 6 heteroatoms. The SMILES string of the molecule is CC/C=C\C/C=C\C/C=C\CCCCCC(=O)OCC(COC(=O)CCCCCCCCCCCCCCCCCCCCCCCCCCC)OC(=O)CCCCCCCCC/C=C\CCCCCCCCC. The summed E-state index contributed by atoms with van der Waals surface area (Å²) < 4.78 is 16.9. The van der Waals surface area contributed by atoms with Crippen LogP contribution in [-0.2, 0) is 28.6 Å². The van der Waals surface area contributed by atoms with Crippen LogP contribution in [0.5, 0.6) is 0 Å². The third-order valence-corrected chi connectivity index (χ3v) is 14.6. The second-order valence-corrected chi connectivity index (χ2v) is 22.0. The van der Waals surface area contributed by atoms with E-state index in [-0.39, 0.29) is 31.1 Å². The molecule has 0 N–H and O–H groups in total. The summed E-state index contributed by atoms with van der Waals surface area (Å²) in [4.78, 5) is 38.3. The molecule has 432 valence electrons. The van der Waals surface area contributed by atoms with Crippen molar-refractivity contribution in [2.24, 2.45) is 0 Å². The number of esters is 3. The summed E-state index contributed by atoms with van der Waals surface area (Å²) in [6.07, 6.45) is 78.5. The van der Waals surface area contributed by atoms with Crippen molar-refractivity contribution in [2.75, 3.05) is 13.2 Å². The molecular formula is C68H124O6. The minimum Gasteiger partial charge on any atom is -0.462 e. The fourth-order valence-electron chi connectivity index (χ4n) is 9.69. The van der Waals surface area contributed by atoms with Gasteiger partial charge in [0.15, 0.2) is 6.10 Å². The van der Waals surface area contributed by atoms with E-state index in [2.05, 4.69) is 69.4 Å². The third kappa shape index (κ3) is 60.2. The second-order valence-electron chi connectivity index (χ2n) is 22.0. The summed E-state index contributed by atoms with van der Waals surface area (Å²) in [6, 6.07) is 0. The molecule has 0 aliphatic carbocycles.